The number of para-hydroxylation sites is 3. The molecule has 3 heterocycles. The molecule has 0 fully saturated rings. The van der Waals surface area contributed by atoms with Crippen molar-refractivity contribution in [2.75, 3.05) is 0 Å². The summed E-state index contributed by atoms with van der Waals surface area (Å²) in [5.41, 5.74) is 12.1. The van der Waals surface area contributed by atoms with Crippen LogP contribution < -0.4 is 0 Å². The summed E-state index contributed by atoms with van der Waals surface area (Å²) in [6, 6.07) is 67.4. The minimum atomic E-state index is 0.608. The molecule has 0 bridgehead atoms. The first-order valence-corrected chi connectivity index (χ1v) is 18.8. The van der Waals surface area contributed by atoms with Crippen molar-refractivity contribution in [3.8, 4) is 62.1 Å². The smallest absolute Gasteiger partial charge is 0.164 e. The monoisotopic (exact) mass is 716 g/mol. The van der Waals surface area contributed by atoms with Crippen molar-refractivity contribution in [3.05, 3.63) is 194 Å². The van der Waals surface area contributed by atoms with Crippen LogP contribution in [-0.2, 0) is 0 Å². The Hall–Kier alpha value is -7.63. The third-order valence-corrected chi connectivity index (χ3v) is 10.7. The number of rotatable bonds is 6. The van der Waals surface area contributed by atoms with E-state index in [2.05, 4.69) is 120 Å². The van der Waals surface area contributed by atoms with Crippen LogP contribution in [0.2, 0.25) is 0 Å². The maximum absolute atomic E-state index is 6.50. The van der Waals surface area contributed by atoms with Gasteiger partial charge in [0.1, 0.15) is 11.2 Å². The molecule has 56 heavy (non-hydrogen) atoms. The molecule has 0 unspecified atom stereocenters. The third kappa shape index (κ3) is 5.29. The zero-order valence-corrected chi connectivity index (χ0v) is 30.2. The fourth-order valence-corrected chi connectivity index (χ4v) is 8.05. The normalized spacial score (nSPS) is 11.6. The van der Waals surface area contributed by atoms with Crippen molar-refractivity contribution >= 4 is 43.7 Å². The van der Waals surface area contributed by atoms with Gasteiger partial charge in [-0.1, -0.05) is 164 Å². The molecule has 0 spiro atoms. The first-order chi connectivity index (χ1) is 27.8. The van der Waals surface area contributed by atoms with E-state index in [0.29, 0.717) is 17.5 Å². The molecule has 0 N–H and O–H groups in total. The van der Waals surface area contributed by atoms with Gasteiger partial charge in [0.15, 0.2) is 17.5 Å². The molecule has 0 aliphatic heterocycles. The van der Waals surface area contributed by atoms with Crippen molar-refractivity contribution in [2.45, 2.75) is 0 Å². The highest BCUT2D eigenvalue weighted by molar-refractivity contribution is 6.13. The van der Waals surface area contributed by atoms with Gasteiger partial charge in [-0.25, -0.2) is 15.0 Å². The molecule has 0 radical (unpaired) electrons. The van der Waals surface area contributed by atoms with Crippen LogP contribution in [0.15, 0.2) is 199 Å². The zero-order chi connectivity index (χ0) is 37.0. The van der Waals surface area contributed by atoms with Crippen LogP contribution in [-0.4, -0.2) is 19.5 Å². The Bertz CT molecular complexity index is 3180. The van der Waals surface area contributed by atoms with E-state index in [4.69, 9.17) is 19.4 Å². The van der Waals surface area contributed by atoms with E-state index in [1.807, 2.05) is 78.9 Å². The molecule has 0 amide bonds. The summed E-state index contributed by atoms with van der Waals surface area (Å²) in [6.07, 6.45) is 0. The average molecular weight is 717 g/mol. The molecular weight excluding hydrogens is 685 g/mol. The number of aromatic nitrogens is 4. The molecule has 11 rings (SSSR count). The van der Waals surface area contributed by atoms with Crippen LogP contribution in [0, 0.1) is 0 Å². The summed E-state index contributed by atoms with van der Waals surface area (Å²) < 4.78 is 8.86. The maximum atomic E-state index is 6.50. The fourth-order valence-electron chi connectivity index (χ4n) is 8.05. The number of nitrogens with zero attached hydrogens (tertiary/aromatic N) is 4. The van der Waals surface area contributed by atoms with E-state index >= 15 is 0 Å². The molecule has 8 aromatic carbocycles. The molecule has 262 valence electrons. The summed E-state index contributed by atoms with van der Waals surface area (Å²) in [5.74, 6) is 1.86. The molecule has 5 heteroatoms. The van der Waals surface area contributed by atoms with Gasteiger partial charge >= 0.3 is 0 Å². The first-order valence-electron chi connectivity index (χ1n) is 18.8. The van der Waals surface area contributed by atoms with Gasteiger partial charge in [0.05, 0.1) is 11.0 Å². The second-order valence-electron chi connectivity index (χ2n) is 14.0. The molecule has 0 saturated heterocycles. The third-order valence-electron chi connectivity index (χ3n) is 10.7. The topological polar surface area (TPSA) is 56.7 Å². The van der Waals surface area contributed by atoms with Crippen LogP contribution in [0.1, 0.15) is 0 Å². The van der Waals surface area contributed by atoms with E-state index in [9.17, 15) is 0 Å². The fraction of sp³-hybridized carbons (Fsp3) is 0. The summed E-state index contributed by atoms with van der Waals surface area (Å²) >= 11 is 0. The molecule has 0 atom stereocenters. The van der Waals surface area contributed by atoms with E-state index in [0.717, 1.165) is 77.6 Å². The molecule has 3 aromatic heterocycles. The van der Waals surface area contributed by atoms with Gasteiger partial charge in [-0.3, -0.25) is 0 Å². The highest BCUT2D eigenvalue weighted by Gasteiger charge is 2.20. The van der Waals surface area contributed by atoms with Gasteiger partial charge in [-0.2, -0.15) is 0 Å². The second-order valence-corrected chi connectivity index (χ2v) is 14.0. The summed E-state index contributed by atoms with van der Waals surface area (Å²) in [4.78, 5) is 15.4. The summed E-state index contributed by atoms with van der Waals surface area (Å²) in [7, 11) is 0. The number of benzene rings is 8. The number of hydrogen-bond acceptors (Lipinski definition) is 4. The lowest BCUT2D eigenvalue weighted by Gasteiger charge is -2.16. The lowest BCUT2D eigenvalue weighted by atomic mass is 9.98. The van der Waals surface area contributed by atoms with Crippen molar-refractivity contribution in [2.24, 2.45) is 0 Å². The second kappa shape index (κ2) is 13.0. The molecule has 0 saturated carbocycles. The number of hydrogen-bond donors (Lipinski definition) is 0. The number of furan rings is 1. The quantitative estimate of drug-likeness (QED) is 0.172. The molecular formula is C51H32N4O. The minimum Gasteiger partial charge on any atom is -0.455 e. The lowest BCUT2D eigenvalue weighted by Crippen LogP contribution is -2.02. The van der Waals surface area contributed by atoms with E-state index in [1.54, 1.807) is 0 Å². The van der Waals surface area contributed by atoms with Crippen LogP contribution in [0.25, 0.3) is 106 Å². The highest BCUT2D eigenvalue weighted by atomic mass is 16.3. The van der Waals surface area contributed by atoms with Crippen LogP contribution in [0.5, 0.6) is 0 Å². The van der Waals surface area contributed by atoms with Crippen molar-refractivity contribution in [1.29, 1.82) is 0 Å². The van der Waals surface area contributed by atoms with E-state index < -0.39 is 0 Å². The van der Waals surface area contributed by atoms with E-state index in [-0.39, 0.29) is 0 Å². The van der Waals surface area contributed by atoms with Gasteiger partial charge in [0.25, 0.3) is 0 Å². The van der Waals surface area contributed by atoms with Gasteiger partial charge < -0.3 is 8.98 Å². The standard InChI is InChI=1S/C51H32N4O/c1-4-15-33(16-5-1)38-30-28-37(32-44(38)51-53-49(34-17-6-2-7-18-34)52-50(54-51)35-19-8-3-9-20-35)55-45-25-12-10-21-40(45)41-29-27-36(31-46(41)55)39-23-14-24-43-42-22-11-13-26-47(42)56-48(39)43/h1-32H. The van der Waals surface area contributed by atoms with Crippen LogP contribution >= 0.6 is 0 Å². The Kier molecular flexibility index (Phi) is 7.42. The van der Waals surface area contributed by atoms with Crippen molar-refractivity contribution in [3.63, 3.8) is 0 Å². The SMILES string of the molecule is c1ccc(-c2nc(-c3ccccc3)nc(-c3cc(-n4c5ccccc5c5ccc(-c6cccc7c6oc6ccccc67)cc54)ccc3-c3ccccc3)n2)cc1. The van der Waals surface area contributed by atoms with Gasteiger partial charge in [0.2, 0.25) is 0 Å². The van der Waals surface area contributed by atoms with Gasteiger partial charge in [-0.15, -0.1) is 0 Å². The minimum absolute atomic E-state index is 0.608. The first kappa shape index (κ1) is 31.9. The molecule has 0 aliphatic carbocycles. The van der Waals surface area contributed by atoms with Crippen molar-refractivity contribution < 1.29 is 4.42 Å². The Balaban J connectivity index is 1.17. The zero-order valence-electron chi connectivity index (χ0n) is 30.2. The van der Waals surface area contributed by atoms with Gasteiger partial charge in [0, 0.05) is 49.5 Å². The van der Waals surface area contributed by atoms with Crippen LogP contribution in [0.4, 0.5) is 0 Å². The molecule has 5 nitrogen and oxygen atoms in total. The van der Waals surface area contributed by atoms with Crippen molar-refractivity contribution in [1.82, 2.24) is 19.5 Å². The lowest BCUT2D eigenvalue weighted by molar-refractivity contribution is 0.670. The summed E-state index contributed by atoms with van der Waals surface area (Å²) in [6.45, 7) is 0. The Labute approximate surface area is 322 Å². The predicted octanol–water partition coefficient (Wildman–Crippen LogP) is 13.2. The predicted molar refractivity (Wildman–Crippen MR) is 229 cm³/mol. The highest BCUT2D eigenvalue weighted by Crippen LogP contribution is 2.41. The Morgan fingerprint density at radius 3 is 1.66 bits per heavy atom. The maximum Gasteiger partial charge on any atom is 0.164 e. The molecule has 11 aromatic rings. The van der Waals surface area contributed by atoms with E-state index in [1.165, 1.54) is 10.8 Å². The number of fused-ring (bicyclic) bond motifs is 6. The Morgan fingerprint density at radius 2 is 0.929 bits per heavy atom. The van der Waals surface area contributed by atoms with Gasteiger partial charge in [-0.05, 0) is 47.0 Å². The average Bonchev–Trinajstić information content (AvgIpc) is 3.83. The summed E-state index contributed by atoms with van der Waals surface area (Å²) in [5, 5.41) is 4.59. The largest absolute Gasteiger partial charge is 0.455 e. The van der Waals surface area contributed by atoms with Crippen LogP contribution in [0.3, 0.4) is 0 Å². The Morgan fingerprint density at radius 1 is 0.339 bits per heavy atom. The molecule has 0 aliphatic rings.